The van der Waals surface area contributed by atoms with Crippen molar-refractivity contribution in [1.82, 2.24) is 0 Å². The fourth-order valence-electron chi connectivity index (χ4n) is 2.61. The average Bonchev–Trinajstić information content (AvgIpc) is 2.70. The summed E-state index contributed by atoms with van der Waals surface area (Å²) in [6.45, 7) is 4.68. The molecule has 0 aromatic carbocycles. The summed E-state index contributed by atoms with van der Waals surface area (Å²) in [6, 6.07) is 4.19. The first-order valence-corrected chi connectivity index (χ1v) is 7.15. The molecule has 0 amide bonds. The predicted octanol–water partition coefficient (Wildman–Crippen LogP) is 3.87. The Hall–Kier alpha value is -0.340. The third kappa shape index (κ3) is 3.08. The van der Waals surface area contributed by atoms with Gasteiger partial charge in [0.1, 0.15) is 0 Å². The van der Waals surface area contributed by atoms with Crippen LogP contribution in [0.25, 0.3) is 0 Å². The van der Waals surface area contributed by atoms with Crippen molar-refractivity contribution >= 4 is 11.3 Å². The number of thiophene rings is 1. The highest BCUT2D eigenvalue weighted by molar-refractivity contribution is 7.09. The summed E-state index contributed by atoms with van der Waals surface area (Å²) in [6.07, 6.45) is 5.63. The van der Waals surface area contributed by atoms with E-state index in [1.807, 2.05) is 0 Å². The van der Waals surface area contributed by atoms with Gasteiger partial charge in [0.25, 0.3) is 0 Å². The van der Waals surface area contributed by atoms with Gasteiger partial charge in [0.15, 0.2) is 0 Å². The van der Waals surface area contributed by atoms with E-state index in [1.54, 1.807) is 11.3 Å². The molecule has 1 aliphatic rings. The van der Waals surface area contributed by atoms with Crippen LogP contribution in [0.5, 0.6) is 0 Å². The molecule has 1 aliphatic carbocycles. The van der Waals surface area contributed by atoms with Crippen LogP contribution in [-0.4, -0.2) is 11.2 Å². The monoisotopic (exact) mass is 238 g/mol. The molecule has 1 aromatic heterocycles. The van der Waals surface area contributed by atoms with Crippen molar-refractivity contribution in [2.24, 2.45) is 11.3 Å². The largest absolute Gasteiger partial charge is 0.392 e. The van der Waals surface area contributed by atoms with Crippen molar-refractivity contribution in [3.8, 4) is 0 Å². The lowest BCUT2D eigenvalue weighted by atomic mass is 9.71. The molecule has 2 rings (SSSR count). The Bertz CT molecular complexity index is 305. The van der Waals surface area contributed by atoms with Crippen LogP contribution in [0.1, 0.15) is 44.4 Å². The molecule has 1 atom stereocenters. The number of hydrogen-bond donors (Lipinski definition) is 1. The Kier molecular flexibility index (Phi) is 3.70. The van der Waals surface area contributed by atoms with E-state index in [0.717, 1.165) is 6.42 Å². The van der Waals surface area contributed by atoms with Gasteiger partial charge in [0.05, 0.1) is 6.10 Å². The van der Waals surface area contributed by atoms with E-state index < -0.39 is 0 Å². The van der Waals surface area contributed by atoms with E-state index in [4.69, 9.17) is 0 Å². The van der Waals surface area contributed by atoms with Crippen molar-refractivity contribution < 1.29 is 5.11 Å². The molecule has 0 saturated heterocycles. The number of aliphatic hydroxyl groups excluding tert-OH is 1. The molecule has 1 saturated carbocycles. The number of aliphatic hydroxyl groups is 1. The third-order valence-corrected chi connectivity index (χ3v) is 4.82. The molecule has 1 aromatic rings. The maximum absolute atomic E-state index is 10.2. The van der Waals surface area contributed by atoms with E-state index in [1.165, 1.54) is 30.6 Å². The molecule has 0 aliphatic heterocycles. The van der Waals surface area contributed by atoms with Gasteiger partial charge in [-0.3, -0.25) is 0 Å². The van der Waals surface area contributed by atoms with Crippen LogP contribution in [-0.2, 0) is 6.42 Å². The first kappa shape index (κ1) is 12.1. The first-order valence-electron chi connectivity index (χ1n) is 6.27. The van der Waals surface area contributed by atoms with Crippen LogP contribution in [0, 0.1) is 11.3 Å². The molecular formula is C14H22OS. The minimum Gasteiger partial charge on any atom is -0.392 e. The maximum atomic E-state index is 10.2. The highest BCUT2D eigenvalue weighted by atomic mass is 32.1. The predicted molar refractivity (Wildman–Crippen MR) is 69.8 cm³/mol. The summed E-state index contributed by atoms with van der Waals surface area (Å²) in [5, 5.41) is 12.3. The van der Waals surface area contributed by atoms with Gasteiger partial charge in [-0.25, -0.2) is 0 Å². The third-order valence-electron chi connectivity index (χ3n) is 3.92. The Morgan fingerprint density at radius 2 is 2.12 bits per heavy atom. The van der Waals surface area contributed by atoms with Gasteiger partial charge in [-0.1, -0.05) is 19.9 Å². The average molecular weight is 238 g/mol. The van der Waals surface area contributed by atoms with Crippen molar-refractivity contribution in [2.45, 2.75) is 52.1 Å². The minimum absolute atomic E-state index is 0.130. The van der Waals surface area contributed by atoms with Crippen LogP contribution in [0.2, 0.25) is 0 Å². The summed E-state index contributed by atoms with van der Waals surface area (Å²) in [7, 11) is 0. The van der Waals surface area contributed by atoms with Gasteiger partial charge in [0, 0.05) is 11.3 Å². The minimum atomic E-state index is -0.130. The maximum Gasteiger partial charge on any atom is 0.0616 e. The fourth-order valence-corrected chi connectivity index (χ4v) is 3.36. The second-order valence-corrected chi connectivity index (χ2v) is 6.88. The van der Waals surface area contributed by atoms with E-state index in [2.05, 4.69) is 31.4 Å². The van der Waals surface area contributed by atoms with Crippen molar-refractivity contribution in [2.75, 3.05) is 0 Å². The Balaban J connectivity index is 1.85. The summed E-state index contributed by atoms with van der Waals surface area (Å²) in [5.74, 6) is 0.523. The van der Waals surface area contributed by atoms with Gasteiger partial charge in [0.2, 0.25) is 0 Å². The number of hydrogen-bond acceptors (Lipinski definition) is 2. The van der Waals surface area contributed by atoms with Crippen LogP contribution < -0.4 is 0 Å². The summed E-state index contributed by atoms with van der Waals surface area (Å²) < 4.78 is 0. The van der Waals surface area contributed by atoms with E-state index in [0.29, 0.717) is 11.3 Å². The van der Waals surface area contributed by atoms with Crippen LogP contribution in [0.4, 0.5) is 0 Å². The molecule has 0 bridgehead atoms. The molecule has 0 spiro atoms. The molecule has 1 unspecified atom stereocenters. The molecule has 16 heavy (non-hydrogen) atoms. The Morgan fingerprint density at radius 3 is 2.69 bits per heavy atom. The van der Waals surface area contributed by atoms with E-state index in [-0.39, 0.29) is 6.10 Å². The molecule has 1 heterocycles. The number of rotatable bonds is 3. The van der Waals surface area contributed by atoms with Gasteiger partial charge < -0.3 is 5.11 Å². The Labute approximate surface area is 103 Å². The molecule has 90 valence electrons. The lowest BCUT2D eigenvalue weighted by Crippen LogP contribution is -2.30. The van der Waals surface area contributed by atoms with Gasteiger partial charge >= 0.3 is 0 Å². The SMILES string of the molecule is CC1(C)CCC(C(O)Cc2cccs2)CC1. The van der Waals surface area contributed by atoms with Crippen LogP contribution in [0.15, 0.2) is 17.5 Å². The topological polar surface area (TPSA) is 20.2 Å². The zero-order chi connectivity index (χ0) is 11.6. The smallest absolute Gasteiger partial charge is 0.0616 e. The first-order chi connectivity index (χ1) is 7.57. The second-order valence-electron chi connectivity index (χ2n) is 5.85. The fraction of sp³-hybridized carbons (Fsp3) is 0.714. The highest BCUT2D eigenvalue weighted by Crippen LogP contribution is 2.39. The second kappa shape index (κ2) is 4.89. The summed E-state index contributed by atoms with van der Waals surface area (Å²) >= 11 is 1.76. The standard InChI is InChI=1S/C14H22OS/c1-14(2)7-5-11(6-8-14)13(15)10-12-4-3-9-16-12/h3-4,9,11,13,15H,5-8,10H2,1-2H3. The van der Waals surface area contributed by atoms with E-state index >= 15 is 0 Å². The van der Waals surface area contributed by atoms with Crippen molar-refractivity contribution in [3.05, 3.63) is 22.4 Å². The molecular weight excluding hydrogens is 216 g/mol. The summed E-state index contributed by atoms with van der Waals surface area (Å²) in [5.41, 5.74) is 0.499. The highest BCUT2D eigenvalue weighted by Gasteiger charge is 2.30. The lowest BCUT2D eigenvalue weighted by molar-refractivity contribution is 0.0581. The van der Waals surface area contributed by atoms with Crippen LogP contribution >= 0.6 is 11.3 Å². The van der Waals surface area contributed by atoms with E-state index in [9.17, 15) is 5.11 Å². The Morgan fingerprint density at radius 1 is 1.44 bits per heavy atom. The molecule has 1 N–H and O–H groups in total. The van der Waals surface area contributed by atoms with Gasteiger partial charge in [-0.15, -0.1) is 11.3 Å². The quantitative estimate of drug-likeness (QED) is 0.847. The molecule has 1 fully saturated rings. The van der Waals surface area contributed by atoms with Crippen molar-refractivity contribution in [3.63, 3.8) is 0 Å². The van der Waals surface area contributed by atoms with Crippen molar-refractivity contribution in [1.29, 1.82) is 0 Å². The van der Waals surface area contributed by atoms with Crippen LogP contribution in [0.3, 0.4) is 0 Å². The summed E-state index contributed by atoms with van der Waals surface area (Å²) in [4.78, 5) is 1.32. The van der Waals surface area contributed by atoms with Gasteiger partial charge in [-0.2, -0.15) is 0 Å². The zero-order valence-electron chi connectivity index (χ0n) is 10.3. The lowest BCUT2D eigenvalue weighted by Gasteiger charge is -2.36. The van der Waals surface area contributed by atoms with Gasteiger partial charge in [-0.05, 0) is 48.5 Å². The zero-order valence-corrected chi connectivity index (χ0v) is 11.1. The molecule has 1 nitrogen and oxygen atoms in total. The molecule has 2 heteroatoms. The normalized spacial score (nSPS) is 23.2. The molecule has 0 radical (unpaired) electrons.